The maximum Gasteiger partial charge on any atom is 0.253 e. The number of aromatic amines is 1. The molecule has 2 atom stereocenters. The molecule has 4 aromatic rings. The summed E-state index contributed by atoms with van der Waals surface area (Å²) < 4.78 is 19.4. The number of nitrogens with zero attached hydrogens (tertiary/aromatic N) is 1. The van der Waals surface area contributed by atoms with E-state index < -0.39 is 5.54 Å². The number of likely N-dealkylation sites (N-methyl/N-ethyl adjacent to an activating group) is 1. The number of amides is 2. The molecule has 7 heteroatoms. The predicted molar refractivity (Wildman–Crippen MR) is 146 cm³/mol. The maximum atomic E-state index is 14.1. The van der Waals surface area contributed by atoms with Crippen molar-refractivity contribution in [3.05, 3.63) is 101 Å². The first-order valence-electron chi connectivity index (χ1n) is 12.7. The number of hydrogen-bond acceptors (Lipinski definition) is 3. The molecule has 1 saturated carbocycles. The molecular weight excluding hydrogens is 481 g/mol. The first kappa shape index (κ1) is 24.0. The normalized spacial score (nSPS) is 21.1. The van der Waals surface area contributed by atoms with Gasteiger partial charge in [-0.15, -0.1) is 0 Å². The molecule has 2 N–H and O–H groups in total. The van der Waals surface area contributed by atoms with Gasteiger partial charge in [-0.05, 0) is 78.1 Å². The smallest absolute Gasteiger partial charge is 0.253 e. The molecule has 6 nitrogen and oxygen atoms in total. The Morgan fingerprint density at radius 3 is 2.71 bits per heavy atom. The van der Waals surface area contributed by atoms with Gasteiger partial charge < -0.3 is 19.9 Å². The van der Waals surface area contributed by atoms with Crippen LogP contribution in [0.15, 0.2) is 72.8 Å². The van der Waals surface area contributed by atoms with Gasteiger partial charge in [-0.1, -0.05) is 30.3 Å². The molecule has 1 aromatic heterocycles. The van der Waals surface area contributed by atoms with Gasteiger partial charge in [0.05, 0.1) is 13.5 Å². The second-order valence-electron chi connectivity index (χ2n) is 10.1. The van der Waals surface area contributed by atoms with Gasteiger partial charge in [0, 0.05) is 35.2 Å². The van der Waals surface area contributed by atoms with Crippen LogP contribution in [0, 0.1) is 5.82 Å². The number of halogens is 1. The first-order chi connectivity index (χ1) is 18.4. The zero-order chi connectivity index (χ0) is 26.4. The number of H-pyrrole nitrogens is 1. The zero-order valence-corrected chi connectivity index (χ0v) is 21.3. The fourth-order valence-corrected chi connectivity index (χ4v) is 5.59. The van der Waals surface area contributed by atoms with E-state index in [1.165, 1.54) is 12.1 Å². The molecule has 2 aliphatic rings. The van der Waals surface area contributed by atoms with Crippen LogP contribution in [0.5, 0.6) is 5.75 Å². The summed E-state index contributed by atoms with van der Waals surface area (Å²) in [6, 6.07) is 20.0. The molecule has 1 fully saturated rings. The van der Waals surface area contributed by atoms with Crippen molar-refractivity contribution >= 4 is 34.5 Å². The molecule has 1 aliphatic heterocycles. The Morgan fingerprint density at radius 2 is 1.92 bits per heavy atom. The quantitative estimate of drug-likeness (QED) is 0.402. The number of rotatable bonds is 3. The molecule has 1 aliphatic carbocycles. The topological polar surface area (TPSA) is 74.4 Å². The number of methoxy groups -OCH3 is 1. The number of nitrogens with one attached hydrogen (secondary N) is 2. The van der Waals surface area contributed by atoms with Crippen LogP contribution in [-0.2, 0) is 22.4 Å². The maximum absolute atomic E-state index is 14.1. The molecule has 3 aromatic carbocycles. The molecule has 0 saturated heterocycles. The highest BCUT2D eigenvalue weighted by molar-refractivity contribution is 6.06. The van der Waals surface area contributed by atoms with Crippen molar-refractivity contribution in [3.63, 3.8) is 0 Å². The highest BCUT2D eigenvalue weighted by Gasteiger charge is 2.62. The number of anilines is 1. The monoisotopic (exact) mass is 509 g/mol. The van der Waals surface area contributed by atoms with Crippen LogP contribution >= 0.6 is 0 Å². The Balaban J connectivity index is 1.40. The number of carbonyl (C=O) groups excluding carboxylic acids is 2. The van der Waals surface area contributed by atoms with Gasteiger partial charge in [-0.25, -0.2) is 4.39 Å². The van der Waals surface area contributed by atoms with Gasteiger partial charge in [0.15, 0.2) is 0 Å². The molecule has 2 amide bonds. The second-order valence-corrected chi connectivity index (χ2v) is 10.1. The van der Waals surface area contributed by atoms with Gasteiger partial charge in [0.2, 0.25) is 5.91 Å². The minimum absolute atomic E-state index is 0.0225. The SMILES string of the molecule is COc1ccc(N(C)C(=O)[C@@]23C[C@@H]2c2cccc(c2)C/C=C\c2[nH]c4ccc(F)cc4c2CC(=O)N3)cc1. The average Bonchev–Trinajstić information content (AvgIpc) is 3.56. The number of hydrogen-bond donors (Lipinski definition) is 2. The van der Waals surface area contributed by atoms with Gasteiger partial charge in [0.1, 0.15) is 17.1 Å². The third kappa shape index (κ3) is 4.14. The molecule has 38 heavy (non-hydrogen) atoms. The van der Waals surface area contributed by atoms with E-state index >= 15 is 0 Å². The van der Waals surface area contributed by atoms with E-state index in [9.17, 15) is 14.0 Å². The standard InChI is InChI=1S/C31H28FN3O3/c1-35(22-10-12-23(38-2)13-11-22)30(37)31-18-26(31)20-7-3-5-19(15-20)6-4-8-27-25(17-29(36)34-31)24-16-21(32)9-14-28(24)33-27/h3-5,7-16,26,33H,6,17-18H2,1-2H3,(H,34,36)/b8-4-/t26-,31-/m1/s1. The van der Waals surface area contributed by atoms with Crippen molar-refractivity contribution in [1.82, 2.24) is 10.3 Å². The largest absolute Gasteiger partial charge is 0.497 e. The highest BCUT2D eigenvalue weighted by atomic mass is 19.1. The van der Waals surface area contributed by atoms with Gasteiger partial charge >= 0.3 is 0 Å². The lowest BCUT2D eigenvalue weighted by Gasteiger charge is -2.26. The Hall–Kier alpha value is -4.39. The molecule has 0 unspecified atom stereocenters. The van der Waals surface area contributed by atoms with Crippen molar-refractivity contribution in [2.24, 2.45) is 0 Å². The van der Waals surface area contributed by atoms with Crippen LogP contribution in [0.2, 0.25) is 0 Å². The van der Waals surface area contributed by atoms with Crippen LogP contribution in [0.3, 0.4) is 0 Å². The first-order valence-corrected chi connectivity index (χ1v) is 12.7. The van der Waals surface area contributed by atoms with Crippen molar-refractivity contribution in [2.75, 3.05) is 19.1 Å². The lowest BCUT2D eigenvalue weighted by atomic mass is 10.0. The Bertz CT molecular complexity index is 1590. The average molecular weight is 510 g/mol. The molecule has 192 valence electrons. The van der Waals surface area contributed by atoms with E-state index in [-0.39, 0.29) is 30.0 Å². The van der Waals surface area contributed by atoms with Crippen LogP contribution in [0.1, 0.15) is 34.7 Å². The molecule has 6 rings (SSSR count). The molecular formula is C31H28FN3O3. The third-order valence-corrected chi connectivity index (χ3v) is 7.70. The van der Waals surface area contributed by atoms with E-state index in [2.05, 4.69) is 22.4 Å². The third-order valence-electron chi connectivity index (χ3n) is 7.70. The van der Waals surface area contributed by atoms with Crippen LogP contribution in [0.25, 0.3) is 17.0 Å². The highest BCUT2D eigenvalue weighted by Crippen LogP contribution is 2.53. The lowest BCUT2D eigenvalue weighted by Crippen LogP contribution is -2.51. The summed E-state index contributed by atoms with van der Waals surface area (Å²) in [6.45, 7) is 0. The number of carbonyl (C=O) groups is 2. The van der Waals surface area contributed by atoms with Crippen LogP contribution in [-0.4, -0.2) is 36.5 Å². The van der Waals surface area contributed by atoms with E-state index in [1.54, 1.807) is 37.3 Å². The predicted octanol–water partition coefficient (Wildman–Crippen LogP) is 5.13. The van der Waals surface area contributed by atoms with E-state index in [1.807, 2.05) is 36.4 Å². The van der Waals surface area contributed by atoms with E-state index in [4.69, 9.17) is 4.74 Å². The second kappa shape index (κ2) is 9.17. The molecule has 0 radical (unpaired) electrons. The van der Waals surface area contributed by atoms with E-state index in [0.29, 0.717) is 35.2 Å². The number of fused-ring (bicyclic) bond motifs is 7. The summed E-state index contributed by atoms with van der Waals surface area (Å²) >= 11 is 0. The van der Waals surface area contributed by atoms with Crippen molar-refractivity contribution in [2.45, 2.75) is 30.7 Å². The Labute approximate surface area is 220 Å². The van der Waals surface area contributed by atoms with E-state index in [0.717, 1.165) is 22.3 Å². The summed E-state index contributed by atoms with van der Waals surface area (Å²) in [7, 11) is 3.32. The minimum atomic E-state index is -1.07. The van der Waals surface area contributed by atoms with Crippen molar-refractivity contribution in [3.8, 4) is 5.75 Å². The molecule has 2 bridgehead atoms. The minimum Gasteiger partial charge on any atom is -0.497 e. The van der Waals surface area contributed by atoms with Crippen LogP contribution < -0.4 is 15.0 Å². The van der Waals surface area contributed by atoms with Gasteiger partial charge in [0.25, 0.3) is 5.91 Å². The summed E-state index contributed by atoms with van der Waals surface area (Å²) in [5, 5.41) is 3.78. The number of ether oxygens (including phenoxy) is 1. The fraction of sp³-hybridized carbons (Fsp3) is 0.226. The zero-order valence-electron chi connectivity index (χ0n) is 21.3. The number of aromatic nitrogens is 1. The Kier molecular flexibility index (Phi) is 5.79. The summed E-state index contributed by atoms with van der Waals surface area (Å²) in [5.74, 6) is -0.269. The Morgan fingerprint density at radius 1 is 1.11 bits per heavy atom. The summed E-state index contributed by atoms with van der Waals surface area (Å²) in [4.78, 5) is 32.5. The van der Waals surface area contributed by atoms with Crippen LogP contribution in [0.4, 0.5) is 10.1 Å². The summed E-state index contributed by atoms with van der Waals surface area (Å²) in [5.41, 5.74) is 4.02. The molecule has 0 spiro atoms. The fourth-order valence-electron chi connectivity index (χ4n) is 5.59. The summed E-state index contributed by atoms with van der Waals surface area (Å²) in [6.07, 6.45) is 5.21. The lowest BCUT2D eigenvalue weighted by molar-refractivity contribution is -0.128. The number of benzene rings is 3. The van der Waals surface area contributed by atoms with Crippen molar-refractivity contribution in [1.29, 1.82) is 0 Å². The van der Waals surface area contributed by atoms with Gasteiger partial charge in [-0.3, -0.25) is 9.59 Å². The van der Waals surface area contributed by atoms with Crippen molar-refractivity contribution < 1.29 is 18.7 Å². The van der Waals surface area contributed by atoms with Gasteiger partial charge in [-0.2, -0.15) is 0 Å². The number of allylic oxidation sites excluding steroid dienone is 1. The molecule has 2 heterocycles.